The van der Waals surface area contributed by atoms with Crippen LogP contribution in [0.3, 0.4) is 0 Å². The van der Waals surface area contributed by atoms with E-state index in [-0.39, 0.29) is 17.6 Å². The van der Waals surface area contributed by atoms with Crippen molar-refractivity contribution in [1.82, 2.24) is 4.90 Å². The third-order valence-electron chi connectivity index (χ3n) is 4.74. The Labute approximate surface area is 175 Å². The first-order chi connectivity index (χ1) is 14.1. The van der Waals surface area contributed by atoms with Crippen LogP contribution in [0.5, 0.6) is 11.5 Å². The van der Waals surface area contributed by atoms with Crippen LogP contribution in [0.25, 0.3) is 0 Å². The fourth-order valence-corrected chi connectivity index (χ4v) is 4.17. The minimum atomic E-state index is -0.155. The summed E-state index contributed by atoms with van der Waals surface area (Å²) in [6.07, 6.45) is 0.243. The second-order valence-corrected chi connectivity index (χ2v) is 7.73. The van der Waals surface area contributed by atoms with Gasteiger partial charge in [-0.05, 0) is 13.8 Å². The van der Waals surface area contributed by atoms with Crippen molar-refractivity contribution in [2.24, 2.45) is 0 Å². The number of ether oxygens (including phenoxy) is 3. The van der Waals surface area contributed by atoms with Crippen molar-refractivity contribution in [3.05, 3.63) is 12.1 Å². The molecule has 1 aromatic carbocycles. The normalized spacial score (nSPS) is 16.8. The van der Waals surface area contributed by atoms with E-state index in [2.05, 4.69) is 10.2 Å². The third-order valence-corrected chi connectivity index (χ3v) is 5.63. The minimum absolute atomic E-state index is 0.0429. The maximum atomic E-state index is 12.5. The number of thioether (sulfide) groups is 1. The third kappa shape index (κ3) is 5.70. The molecule has 160 valence electrons. The highest BCUT2D eigenvalue weighted by Gasteiger charge is 2.23. The van der Waals surface area contributed by atoms with Crippen LogP contribution < -0.4 is 19.7 Å². The van der Waals surface area contributed by atoms with Gasteiger partial charge >= 0.3 is 0 Å². The van der Waals surface area contributed by atoms with Crippen molar-refractivity contribution >= 4 is 34.3 Å². The lowest BCUT2D eigenvalue weighted by Gasteiger charge is -2.31. The summed E-state index contributed by atoms with van der Waals surface area (Å²) in [5.74, 6) is 1.95. The highest BCUT2D eigenvalue weighted by atomic mass is 32.2. The first kappa shape index (κ1) is 21.6. The molecule has 1 aromatic rings. The maximum Gasteiger partial charge on any atom is 0.281 e. The number of hydrogen-bond donors (Lipinski definition) is 1. The van der Waals surface area contributed by atoms with E-state index in [1.165, 1.54) is 11.8 Å². The average Bonchev–Trinajstić information content (AvgIpc) is 3.14. The Morgan fingerprint density at radius 1 is 1.14 bits per heavy atom. The van der Waals surface area contributed by atoms with Gasteiger partial charge in [-0.2, -0.15) is 0 Å². The van der Waals surface area contributed by atoms with Gasteiger partial charge in [0.15, 0.2) is 0 Å². The van der Waals surface area contributed by atoms with E-state index in [0.29, 0.717) is 56.7 Å². The van der Waals surface area contributed by atoms with Crippen LogP contribution in [0.4, 0.5) is 16.2 Å². The van der Waals surface area contributed by atoms with E-state index in [1.807, 2.05) is 26.0 Å². The van der Waals surface area contributed by atoms with Gasteiger partial charge in [-0.3, -0.25) is 9.59 Å². The topological polar surface area (TPSA) is 80.3 Å². The fraction of sp³-hybridized carbons (Fsp3) is 0.600. The van der Waals surface area contributed by atoms with Crippen LogP contribution in [-0.4, -0.2) is 74.4 Å². The van der Waals surface area contributed by atoms with E-state index in [4.69, 9.17) is 14.2 Å². The highest BCUT2D eigenvalue weighted by molar-refractivity contribution is 8.13. The zero-order valence-corrected chi connectivity index (χ0v) is 17.9. The molecule has 29 heavy (non-hydrogen) atoms. The molecule has 0 aliphatic carbocycles. The first-order valence-electron chi connectivity index (χ1n) is 10.1. The Bertz CT molecular complexity index is 724. The van der Waals surface area contributed by atoms with Crippen LogP contribution in [-0.2, 0) is 9.53 Å². The van der Waals surface area contributed by atoms with Crippen molar-refractivity contribution in [3.8, 4) is 11.5 Å². The van der Waals surface area contributed by atoms with Gasteiger partial charge in [-0.15, -0.1) is 0 Å². The Morgan fingerprint density at radius 2 is 1.86 bits per heavy atom. The van der Waals surface area contributed by atoms with E-state index < -0.39 is 0 Å². The van der Waals surface area contributed by atoms with Crippen LogP contribution in [0, 0.1) is 0 Å². The Kier molecular flexibility index (Phi) is 7.88. The van der Waals surface area contributed by atoms with Crippen LogP contribution >= 0.6 is 11.8 Å². The second-order valence-electron chi connectivity index (χ2n) is 6.68. The summed E-state index contributed by atoms with van der Waals surface area (Å²) in [5.41, 5.74) is 1.52. The van der Waals surface area contributed by atoms with Gasteiger partial charge in [0.25, 0.3) is 5.24 Å². The van der Waals surface area contributed by atoms with E-state index in [9.17, 15) is 9.59 Å². The summed E-state index contributed by atoms with van der Waals surface area (Å²) in [6, 6.07) is 3.75. The van der Waals surface area contributed by atoms with Crippen molar-refractivity contribution in [2.45, 2.75) is 20.3 Å². The summed E-state index contributed by atoms with van der Waals surface area (Å²) in [5, 5.41) is 2.97. The summed E-state index contributed by atoms with van der Waals surface area (Å²) in [7, 11) is 0. The molecule has 0 spiro atoms. The molecule has 2 saturated heterocycles. The number of nitrogens with one attached hydrogen (secondary N) is 1. The molecule has 1 N–H and O–H groups in total. The molecule has 3 rings (SSSR count). The Morgan fingerprint density at radius 3 is 2.52 bits per heavy atom. The molecule has 0 bridgehead atoms. The molecule has 0 aromatic heterocycles. The molecule has 2 aliphatic heterocycles. The predicted molar refractivity (Wildman–Crippen MR) is 114 cm³/mol. The Hall–Kier alpha value is -2.13. The van der Waals surface area contributed by atoms with Crippen LogP contribution in [0.15, 0.2) is 12.1 Å². The molecule has 0 atom stereocenters. The maximum absolute atomic E-state index is 12.5. The molecule has 2 fully saturated rings. The van der Waals surface area contributed by atoms with Crippen molar-refractivity contribution < 1.29 is 23.8 Å². The van der Waals surface area contributed by atoms with Gasteiger partial charge in [-0.1, -0.05) is 11.8 Å². The van der Waals surface area contributed by atoms with Crippen molar-refractivity contribution in [2.75, 3.05) is 68.6 Å². The van der Waals surface area contributed by atoms with Gasteiger partial charge < -0.3 is 29.3 Å². The van der Waals surface area contributed by atoms with Gasteiger partial charge in [0, 0.05) is 50.5 Å². The predicted octanol–water partition coefficient (Wildman–Crippen LogP) is 2.82. The first-order valence-corrected chi connectivity index (χ1v) is 11.1. The van der Waals surface area contributed by atoms with Gasteiger partial charge in [0.2, 0.25) is 5.91 Å². The highest BCUT2D eigenvalue weighted by Crippen LogP contribution is 2.39. The van der Waals surface area contributed by atoms with Crippen molar-refractivity contribution in [3.63, 3.8) is 0 Å². The zero-order chi connectivity index (χ0) is 20.6. The van der Waals surface area contributed by atoms with Crippen LogP contribution in [0.1, 0.15) is 20.3 Å². The fourth-order valence-electron chi connectivity index (χ4n) is 3.32. The standard InChI is InChI=1S/C20H29N3O5S/c1-3-27-17-14-16(22-7-10-26-11-8-22)18(28-4-2)13-15(17)21-19(24)5-6-23-9-12-29-20(23)25/h13-14H,3-12H2,1-2H3,(H,21,24). The molecular formula is C20H29N3O5S. The smallest absolute Gasteiger partial charge is 0.281 e. The number of carbonyl (C=O) groups is 2. The number of carbonyl (C=O) groups excluding carboxylic acids is 2. The molecule has 0 unspecified atom stereocenters. The molecule has 0 saturated carbocycles. The lowest BCUT2D eigenvalue weighted by Crippen LogP contribution is -2.36. The molecule has 8 nitrogen and oxygen atoms in total. The summed E-state index contributed by atoms with van der Waals surface area (Å²) >= 11 is 1.30. The second kappa shape index (κ2) is 10.6. The van der Waals surface area contributed by atoms with E-state index in [1.54, 1.807) is 4.90 Å². The minimum Gasteiger partial charge on any atom is -0.492 e. The quantitative estimate of drug-likeness (QED) is 0.654. The lowest BCUT2D eigenvalue weighted by atomic mass is 10.2. The van der Waals surface area contributed by atoms with E-state index in [0.717, 1.165) is 24.5 Å². The molecular weight excluding hydrogens is 394 g/mol. The van der Waals surface area contributed by atoms with Gasteiger partial charge in [0.1, 0.15) is 11.5 Å². The molecule has 9 heteroatoms. The van der Waals surface area contributed by atoms with Gasteiger partial charge in [-0.25, -0.2) is 0 Å². The largest absolute Gasteiger partial charge is 0.492 e. The molecule has 2 amide bonds. The number of rotatable bonds is 9. The lowest BCUT2D eigenvalue weighted by molar-refractivity contribution is -0.116. The molecule has 2 heterocycles. The number of amides is 2. The average molecular weight is 424 g/mol. The zero-order valence-electron chi connectivity index (χ0n) is 17.1. The van der Waals surface area contributed by atoms with Crippen LogP contribution in [0.2, 0.25) is 0 Å². The summed E-state index contributed by atoms with van der Waals surface area (Å²) < 4.78 is 17.1. The van der Waals surface area contributed by atoms with Gasteiger partial charge in [0.05, 0.1) is 37.8 Å². The molecule has 0 radical (unpaired) electrons. The summed E-state index contributed by atoms with van der Waals surface area (Å²) in [4.78, 5) is 28.1. The van der Waals surface area contributed by atoms with E-state index >= 15 is 0 Å². The molecule has 2 aliphatic rings. The number of benzene rings is 1. The number of nitrogens with zero attached hydrogens (tertiary/aromatic N) is 2. The number of hydrogen-bond acceptors (Lipinski definition) is 7. The number of anilines is 2. The SMILES string of the molecule is CCOc1cc(N2CCOCC2)c(OCC)cc1NC(=O)CCN1CCSC1=O. The number of morpholine rings is 1. The summed E-state index contributed by atoms with van der Waals surface area (Å²) in [6.45, 7) is 8.86. The van der Waals surface area contributed by atoms with Crippen molar-refractivity contribution in [1.29, 1.82) is 0 Å². The Balaban J connectivity index is 1.75. The monoisotopic (exact) mass is 423 g/mol.